The predicted molar refractivity (Wildman–Crippen MR) is 97.2 cm³/mol. The molecule has 0 saturated heterocycles. The molecule has 0 bridgehead atoms. The molecule has 0 aliphatic rings. The number of carbonyl (C=O) groups excluding carboxylic acids is 2. The number of urea groups is 1. The van der Waals surface area contributed by atoms with Gasteiger partial charge in [0, 0.05) is 25.7 Å². The van der Waals surface area contributed by atoms with Crippen LogP contribution in [0.1, 0.15) is 12.5 Å². The molecule has 0 fully saturated rings. The molecule has 1 aromatic rings. The second kappa shape index (κ2) is 9.86. The van der Waals surface area contributed by atoms with Crippen LogP contribution >= 0.6 is 23.2 Å². The third-order valence-corrected chi connectivity index (χ3v) is 3.87. The van der Waals surface area contributed by atoms with Gasteiger partial charge in [-0.15, -0.1) is 0 Å². The molecule has 0 radical (unpaired) electrons. The number of nitrogens with zero attached hydrogens (tertiary/aromatic N) is 1. The van der Waals surface area contributed by atoms with Gasteiger partial charge in [0.25, 0.3) is 0 Å². The van der Waals surface area contributed by atoms with E-state index in [1.165, 1.54) is 11.0 Å². The fraction of sp³-hybridized carbons (Fsp3) is 0.294. The van der Waals surface area contributed by atoms with Crippen molar-refractivity contribution < 1.29 is 9.59 Å². The summed E-state index contributed by atoms with van der Waals surface area (Å²) in [5, 5.41) is 6.16. The van der Waals surface area contributed by atoms with Crippen molar-refractivity contribution in [1.82, 2.24) is 15.5 Å². The molecule has 0 heterocycles. The van der Waals surface area contributed by atoms with Crippen molar-refractivity contribution in [3.05, 3.63) is 46.5 Å². The molecule has 1 rings (SSSR count). The quantitative estimate of drug-likeness (QED) is 0.477. The lowest BCUT2D eigenvalue weighted by Crippen LogP contribution is -2.44. The molecule has 0 aliphatic carbocycles. The van der Waals surface area contributed by atoms with Gasteiger partial charge in [0.15, 0.2) is 0 Å². The van der Waals surface area contributed by atoms with Gasteiger partial charge in [0.05, 0.1) is 16.1 Å². The standard InChI is InChI=1S/C17H19Cl2N3O2/c1-4-16(23)20-9-10-21-17(24)22(3)12(2)5-6-13-7-8-14(18)15(19)11-13/h4,7-8,11-12H,1,9-10H2,2-3H3,(H,20,23)(H,21,24)/t12-/m0/s1. The number of benzene rings is 1. The number of hydrogen-bond donors (Lipinski definition) is 2. The summed E-state index contributed by atoms with van der Waals surface area (Å²) in [5.41, 5.74) is 0.720. The van der Waals surface area contributed by atoms with Crippen LogP contribution in [-0.2, 0) is 4.79 Å². The molecule has 0 aliphatic heterocycles. The molecule has 0 aromatic heterocycles. The summed E-state index contributed by atoms with van der Waals surface area (Å²) in [6.45, 7) is 5.79. The predicted octanol–water partition coefficient (Wildman–Crippen LogP) is 2.68. The molecule has 0 spiro atoms. The number of halogens is 2. The van der Waals surface area contributed by atoms with E-state index in [2.05, 4.69) is 29.1 Å². The van der Waals surface area contributed by atoms with Crippen molar-refractivity contribution in [3.63, 3.8) is 0 Å². The molecule has 24 heavy (non-hydrogen) atoms. The molecule has 1 aromatic carbocycles. The van der Waals surface area contributed by atoms with Crippen molar-refractivity contribution in [3.8, 4) is 11.8 Å². The van der Waals surface area contributed by atoms with Crippen LogP contribution in [0.25, 0.3) is 0 Å². The van der Waals surface area contributed by atoms with E-state index in [1.54, 1.807) is 25.2 Å². The zero-order chi connectivity index (χ0) is 18.1. The minimum absolute atomic E-state index is 0.279. The van der Waals surface area contributed by atoms with Crippen LogP contribution in [-0.4, -0.2) is 43.0 Å². The van der Waals surface area contributed by atoms with Gasteiger partial charge in [-0.05, 0) is 31.2 Å². The Morgan fingerprint density at radius 1 is 1.29 bits per heavy atom. The van der Waals surface area contributed by atoms with Crippen LogP contribution in [0.2, 0.25) is 10.0 Å². The van der Waals surface area contributed by atoms with E-state index in [4.69, 9.17) is 23.2 Å². The minimum atomic E-state index is -0.304. The van der Waals surface area contributed by atoms with E-state index in [9.17, 15) is 9.59 Å². The molecule has 5 nitrogen and oxygen atoms in total. The Labute approximate surface area is 152 Å². The average Bonchev–Trinajstić information content (AvgIpc) is 2.58. The second-order valence-electron chi connectivity index (χ2n) is 4.91. The van der Waals surface area contributed by atoms with Gasteiger partial charge in [0.1, 0.15) is 0 Å². The molecular formula is C17H19Cl2N3O2. The lowest BCUT2D eigenvalue weighted by molar-refractivity contribution is -0.116. The van der Waals surface area contributed by atoms with E-state index in [0.29, 0.717) is 23.1 Å². The van der Waals surface area contributed by atoms with E-state index in [-0.39, 0.29) is 18.0 Å². The second-order valence-corrected chi connectivity index (χ2v) is 5.73. The first-order valence-corrected chi connectivity index (χ1v) is 7.98. The van der Waals surface area contributed by atoms with Gasteiger partial charge in [-0.25, -0.2) is 4.79 Å². The molecule has 0 unspecified atom stereocenters. The topological polar surface area (TPSA) is 61.4 Å². The van der Waals surface area contributed by atoms with Gasteiger partial charge < -0.3 is 15.5 Å². The Bertz CT molecular complexity index is 680. The summed E-state index contributed by atoms with van der Waals surface area (Å²) in [6, 6.07) is 4.52. The fourth-order valence-electron chi connectivity index (χ4n) is 1.59. The number of amides is 3. The zero-order valence-electron chi connectivity index (χ0n) is 13.5. The SMILES string of the molecule is C=CC(=O)NCCNC(=O)N(C)[C@@H](C)C#Cc1ccc(Cl)c(Cl)c1. The number of nitrogens with one attached hydrogen (secondary N) is 2. The van der Waals surface area contributed by atoms with Crippen LogP contribution in [0.15, 0.2) is 30.9 Å². The van der Waals surface area contributed by atoms with Crippen LogP contribution < -0.4 is 10.6 Å². The third kappa shape index (κ3) is 6.53. The summed E-state index contributed by atoms with van der Waals surface area (Å²) >= 11 is 11.8. The van der Waals surface area contributed by atoms with E-state index in [0.717, 1.165) is 5.56 Å². The average molecular weight is 368 g/mol. The maximum Gasteiger partial charge on any atom is 0.318 e. The van der Waals surface area contributed by atoms with E-state index >= 15 is 0 Å². The van der Waals surface area contributed by atoms with E-state index < -0.39 is 0 Å². The molecule has 128 valence electrons. The first-order valence-electron chi connectivity index (χ1n) is 7.22. The number of hydrogen-bond acceptors (Lipinski definition) is 2. The van der Waals surface area contributed by atoms with E-state index in [1.807, 2.05) is 6.92 Å². The van der Waals surface area contributed by atoms with Crippen LogP contribution in [0.5, 0.6) is 0 Å². The summed E-state index contributed by atoms with van der Waals surface area (Å²) in [5.74, 6) is 5.65. The molecule has 2 N–H and O–H groups in total. The zero-order valence-corrected chi connectivity index (χ0v) is 15.0. The van der Waals surface area contributed by atoms with Crippen LogP contribution in [0, 0.1) is 11.8 Å². The van der Waals surface area contributed by atoms with Crippen LogP contribution in [0.4, 0.5) is 4.79 Å². The van der Waals surface area contributed by atoms with Gasteiger partial charge in [-0.2, -0.15) is 0 Å². The maximum absolute atomic E-state index is 12.0. The largest absolute Gasteiger partial charge is 0.351 e. The summed E-state index contributed by atoms with van der Waals surface area (Å²) in [7, 11) is 1.64. The van der Waals surface area contributed by atoms with Crippen molar-refractivity contribution >= 4 is 35.1 Å². The lowest BCUT2D eigenvalue weighted by Gasteiger charge is -2.21. The Morgan fingerprint density at radius 3 is 2.58 bits per heavy atom. The highest BCUT2D eigenvalue weighted by molar-refractivity contribution is 6.42. The highest BCUT2D eigenvalue weighted by Gasteiger charge is 2.12. The van der Waals surface area contributed by atoms with Crippen molar-refractivity contribution in [2.24, 2.45) is 0 Å². The first kappa shape index (κ1) is 19.9. The molecular weight excluding hydrogens is 349 g/mol. The minimum Gasteiger partial charge on any atom is -0.351 e. The molecule has 1 atom stereocenters. The fourth-order valence-corrected chi connectivity index (χ4v) is 1.88. The molecule has 3 amide bonds. The van der Waals surface area contributed by atoms with Crippen molar-refractivity contribution in [2.75, 3.05) is 20.1 Å². The lowest BCUT2D eigenvalue weighted by atomic mass is 10.2. The summed E-state index contributed by atoms with van der Waals surface area (Å²) < 4.78 is 0. The van der Waals surface area contributed by atoms with Crippen molar-refractivity contribution in [2.45, 2.75) is 13.0 Å². The Morgan fingerprint density at radius 2 is 1.96 bits per heavy atom. The third-order valence-electron chi connectivity index (χ3n) is 3.13. The Balaban J connectivity index is 2.51. The summed E-state index contributed by atoms with van der Waals surface area (Å²) in [6.07, 6.45) is 1.18. The van der Waals surface area contributed by atoms with Crippen molar-refractivity contribution in [1.29, 1.82) is 0 Å². The number of carbonyl (C=O) groups is 2. The number of rotatable bonds is 5. The van der Waals surface area contributed by atoms with Gasteiger partial charge in [-0.1, -0.05) is 41.6 Å². The molecule has 7 heteroatoms. The summed E-state index contributed by atoms with van der Waals surface area (Å²) in [4.78, 5) is 24.4. The monoisotopic (exact) mass is 367 g/mol. The van der Waals surface area contributed by atoms with Crippen LogP contribution in [0.3, 0.4) is 0 Å². The highest BCUT2D eigenvalue weighted by atomic mass is 35.5. The maximum atomic E-state index is 12.0. The highest BCUT2D eigenvalue weighted by Crippen LogP contribution is 2.22. The Kier molecular flexibility index (Phi) is 8.17. The van der Waals surface area contributed by atoms with Gasteiger partial charge in [-0.3, -0.25) is 4.79 Å². The van der Waals surface area contributed by atoms with Gasteiger partial charge in [0.2, 0.25) is 5.91 Å². The van der Waals surface area contributed by atoms with Gasteiger partial charge >= 0.3 is 6.03 Å². The smallest absolute Gasteiger partial charge is 0.318 e. The Hall–Kier alpha value is -2.16. The first-order chi connectivity index (χ1) is 11.3. The molecule has 0 saturated carbocycles. The normalized spacial score (nSPS) is 10.8.